The van der Waals surface area contributed by atoms with E-state index in [1.165, 1.54) is 11.4 Å². The van der Waals surface area contributed by atoms with Crippen molar-refractivity contribution in [1.29, 1.82) is 0 Å². The highest BCUT2D eigenvalue weighted by atomic mass is 32.2. The summed E-state index contributed by atoms with van der Waals surface area (Å²) in [5, 5.41) is 0. The third kappa shape index (κ3) is 7.44. The third-order valence-corrected chi connectivity index (χ3v) is 8.06. The minimum absolute atomic E-state index is 0.116. The monoisotopic (exact) mass is 464 g/mol. The van der Waals surface area contributed by atoms with E-state index in [0.717, 1.165) is 76.2 Å². The van der Waals surface area contributed by atoms with Gasteiger partial charge in [-0.2, -0.15) is 17.5 Å². The number of benzene rings is 1. The highest BCUT2D eigenvalue weighted by Gasteiger charge is 2.34. The topological polar surface area (TPSA) is 49.9 Å². The number of nitrogens with zero attached hydrogens (tertiary/aromatic N) is 2. The van der Waals surface area contributed by atoms with Crippen molar-refractivity contribution in [3.8, 4) is 0 Å². The van der Waals surface area contributed by atoms with Crippen LogP contribution in [0.25, 0.3) is 0 Å². The van der Waals surface area contributed by atoms with Crippen LogP contribution in [0.15, 0.2) is 29.2 Å². The molecule has 9 heteroatoms. The molecule has 0 atom stereocenters. The number of ether oxygens (including phenoxy) is 1. The Morgan fingerprint density at radius 3 is 2.10 bits per heavy atom. The van der Waals surface area contributed by atoms with Gasteiger partial charge in [-0.3, -0.25) is 0 Å². The predicted molar refractivity (Wildman–Crippen MR) is 115 cm³/mol. The normalized spacial score (nSPS) is 20.5. The molecule has 1 aromatic rings. The van der Waals surface area contributed by atoms with Crippen molar-refractivity contribution in [3.63, 3.8) is 0 Å². The van der Waals surface area contributed by atoms with E-state index in [2.05, 4.69) is 18.7 Å². The van der Waals surface area contributed by atoms with E-state index in [0.29, 0.717) is 12.8 Å². The standard InChI is InChI=1S/C22H35F3N2O3S/c1-4-27(5-2)16-6-7-17-30-20-12-10-19(11-13-20)26(3)31(28,29)21-14-8-18(9-15-21)22(23,24)25/h8-9,14-15,19-20H,4-7,10-13,16-17H2,1-3H3/t19-,20-. The van der Waals surface area contributed by atoms with Crippen LogP contribution in [0.3, 0.4) is 0 Å². The summed E-state index contributed by atoms with van der Waals surface area (Å²) in [6, 6.07) is 3.51. The molecule has 0 N–H and O–H groups in total. The molecule has 1 aliphatic rings. The molecule has 1 fully saturated rings. The van der Waals surface area contributed by atoms with Crippen molar-refractivity contribution in [3.05, 3.63) is 29.8 Å². The number of hydrogen-bond donors (Lipinski definition) is 0. The van der Waals surface area contributed by atoms with Crippen LogP contribution in [-0.2, 0) is 20.9 Å². The summed E-state index contributed by atoms with van der Waals surface area (Å²) in [4.78, 5) is 2.27. The van der Waals surface area contributed by atoms with E-state index in [-0.39, 0.29) is 17.0 Å². The first-order chi connectivity index (χ1) is 14.6. The molecule has 5 nitrogen and oxygen atoms in total. The molecule has 1 saturated carbocycles. The van der Waals surface area contributed by atoms with Crippen LogP contribution in [-0.4, -0.2) is 63.1 Å². The van der Waals surface area contributed by atoms with Crippen LogP contribution in [0.4, 0.5) is 13.2 Å². The Bertz CT molecular complexity index is 757. The molecule has 0 heterocycles. The van der Waals surface area contributed by atoms with E-state index in [1.807, 2.05) is 0 Å². The van der Waals surface area contributed by atoms with Crippen LogP contribution in [0.5, 0.6) is 0 Å². The van der Waals surface area contributed by atoms with Crippen LogP contribution >= 0.6 is 0 Å². The Balaban J connectivity index is 1.80. The van der Waals surface area contributed by atoms with Gasteiger partial charge in [0, 0.05) is 19.7 Å². The predicted octanol–water partition coefficient (Wildman–Crippen LogP) is 4.78. The molecule has 178 valence electrons. The van der Waals surface area contributed by atoms with Crippen molar-refractivity contribution in [1.82, 2.24) is 9.21 Å². The fourth-order valence-corrected chi connectivity index (χ4v) is 5.40. The summed E-state index contributed by atoms with van der Waals surface area (Å²) < 4.78 is 71.1. The summed E-state index contributed by atoms with van der Waals surface area (Å²) in [5.41, 5.74) is -0.858. The molecule has 0 unspecified atom stereocenters. The second kappa shape index (κ2) is 11.6. The van der Waals surface area contributed by atoms with Gasteiger partial charge in [0.1, 0.15) is 0 Å². The van der Waals surface area contributed by atoms with Crippen LogP contribution in [0, 0.1) is 0 Å². The SMILES string of the molecule is CCN(CC)CCCCO[C@H]1CC[C@H](N(C)S(=O)(=O)c2ccc(C(F)(F)F)cc2)CC1. The number of unbranched alkanes of at least 4 members (excludes halogenated alkanes) is 1. The van der Waals surface area contributed by atoms with Crippen molar-refractivity contribution in [2.75, 3.05) is 33.3 Å². The highest BCUT2D eigenvalue weighted by molar-refractivity contribution is 7.89. The van der Waals surface area contributed by atoms with Gasteiger partial charge in [-0.15, -0.1) is 0 Å². The molecule has 0 aliphatic heterocycles. The van der Waals surface area contributed by atoms with E-state index >= 15 is 0 Å². The van der Waals surface area contributed by atoms with Gasteiger partial charge in [0.15, 0.2) is 0 Å². The molecule has 0 bridgehead atoms. The Morgan fingerprint density at radius 1 is 1.00 bits per heavy atom. The first-order valence-electron chi connectivity index (χ1n) is 11.1. The maximum Gasteiger partial charge on any atom is 0.416 e. The van der Waals surface area contributed by atoms with Crippen LogP contribution < -0.4 is 0 Å². The van der Waals surface area contributed by atoms with Crippen molar-refractivity contribution < 1.29 is 26.3 Å². The van der Waals surface area contributed by atoms with E-state index in [1.54, 1.807) is 0 Å². The molecule has 0 amide bonds. The van der Waals surface area contributed by atoms with Gasteiger partial charge in [-0.25, -0.2) is 8.42 Å². The number of alkyl halides is 3. The second-order valence-corrected chi connectivity index (χ2v) is 10.1. The largest absolute Gasteiger partial charge is 0.416 e. The van der Waals surface area contributed by atoms with Gasteiger partial charge >= 0.3 is 6.18 Å². The molecule has 0 radical (unpaired) electrons. The molecular weight excluding hydrogens is 429 g/mol. The summed E-state index contributed by atoms with van der Waals surface area (Å²) >= 11 is 0. The van der Waals surface area contributed by atoms with Crippen molar-refractivity contribution in [2.45, 2.75) is 75.6 Å². The molecule has 0 saturated heterocycles. The number of sulfonamides is 1. The zero-order valence-electron chi connectivity index (χ0n) is 18.7. The fraction of sp³-hybridized carbons (Fsp3) is 0.727. The van der Waals surface area contributed by atoms with Crippen molar-refractivity contribution >= 4 is 10.0 Å². The molecule has 1 aromatic carbocycles. The van der Waals surface area contributed by atoms with Gasteiger partial charge in [0.05, 0.1) is 16.6 Å². The number of rotatable bonds is 11. The minimum atomic E-state index is -4.49. The lowest BCUT2D eigenvalue weighted by molar-refractivity contribution is -0.137. The summed E-state index contributed by atoms with van der Waals surface area (Å²) in [7, 11) is -2.33. The van der Waals surface area contributed by atoms with Gasteiger partial charge in [-0.1, -0.05) is 13.8 Å². The molecular formula is C22H35F3N2O3S. The lowest BCUT2D eigenvalue weighted by atomic mass is 9.93. The van der Waals surface area contributed by atoms with Gasteiger partial charge < -0.3 is 9.64 Å². The maximum atomic E-state index is 12.8. The maximum absolute atomic E-state index is 12.8. The van der Waals surface area contributed by atoms with Crippen LogP contribution in [0.1, 0.15) is 57.9 Å². The average molecular weight is 465 g/mol. The molecule has 0 aromatic heterocycles. The van der Waals surface area contributed by atoms with E-state index in [4.69, 9.17) is 4.74 Å². The lowest BCUT2D eigenvalue weighted by Crippen LogP contribution is -2.40. The smallest absolute Gasteiger partial charge is 0.378 e. The third-order valence-electron chi connectivity index (χ3n) is 6.13. The number of hydrogen-bond acceptors (Lipinski definition) is 4. The highest BCUT2D eigenvalue weighted by Crippen LogP contribution is 2.32. The quantitative estimate of drug-likeness (QED) is 0.443. The summed E-state index contributed by atoms with van der Waals surface area (Å²) in [6.45, 7) is 8.24. The second-order valence-electron chi connectivity index (χ2n) is 8.08. The van der Waals surface area contributed by atoms with Gasteiger partial charge in [-0.05, 0) is 82.4 Å². The van der Waals surface area contributed by atoms with E-state index in [9.17, 15) is 21.6 Å². The Hall–Kier alpha value is -1.16. The molecule has 1 aliphatic carbocycles. The van der Waals surface area contributed by atoms with Gasteiger partial charge in [0.25, 0.3) is 0 Å². The van der Waals surface area contributed by atoms with Gasteiger partial charge in [0.2, 0.25) is 10.0 Å². The Kier molecular flexibility index (Phi) is 9.79. The van der Waals surface area contributed by atoms with Crippen LogP contribution in [0.2, 0.25) is 0 Å². The minimum Gasteiger partial charge on any atom is -0.378 e. The molecule has 31 heavy (non-hydrogen) atoms. The lowest BCUT2D eigenvalue weighted by Gasteiger charge is -2.34. The summed E-state index contributed by atoms with van der Waals surface area (Å²) in [6.07, 6.45) is 0.705. The first-order valence-corrected chi connectivity index (χ1v) is 12.5. The molecule has 2 rings (SSSR count). The Morgan fingerprint density at radius 2 is 1.58 bits per heavy atom. The first kappa shape index (κ1) is 26.1. The zero-order valence-corrected chi connectivity index (χ0v) is 19.5. The zero-order chi connectivity index (χ0) is 23.1. The fourth-order valence-electron chi connectivity index (χ4n) is 3.98. The Labute approximate surface area is 184 Å². The van der Waals surface area contributed by atoms with E-state index < -0.39 is 21.8 Å². The van der Waals surface area contributed by atoms with Crippen molar-refractivity contribution in [2.24, 2.45) is 0 Å². The molecule has 0 spiro atoms. The average Bonchev–Trinajstić information content (AvgIpc) is 2.75. The number of halogens is 3. The summed E-state index contributed by atoms with van der Waals surface area (Å²) in [5.74, 6) is 0.